The largest absolute Gasteiger partial charge is 0.495 e. The molecule has 4 nitrogen and oxygen atoms in total. The van der Waals surface area contributed by atoms with E-state index in [2.05, 4.69) is 36.4 Å². The van der Waals surface area contributed by atoms with Crippen molar-refractivity contribution in [3.63, 3.8) is 0 Å². The second-order valence-electron chi connectivity index (χ2n) is 5.71. The molecule has 0 aromatic heterocycles. The summed E-state index contributed by atoms with van der Waals surface area (Å²) in [7, 11) is 5.89. The van der Waals surface area contributed by atoms with Gasteiger partial charge < -0.3 is 19.7 Å². The Kier molecular flexibility index (Phi) is 5.68. The normalized spacial score (nSPS) is 16.4. The Labute approximate surface area is 122 Å². The average molecular weight is 278 g/mol. The minimum atomic E-state index is 0.700. The number of hydrogen-bond donors (Lipinski definition) is 1. The number of rotatable bonds is 6. The summed E-state index contributed by atoms with van der Waals surface area (Å²) in [5.41, 5.74) is 2.39. The van der Waals surface area contributed by atoms with Gasteiger partial charge in [0.15, 0.2) is 0 Å². The SMILES string of the molecule is COc1ccc(CN(C)C)cc1NCC1CCOCC1. The first-order valence-corrected chi connectivity index (χ1v) is 7.32. The molecule has 0 bridgehead atoms. The summed E-state index contributed by atoms with van der Waals surface area (Å²) in [6.07, 6.45) is 2.29. The minimum Gasteiger partial charge on any atom is -0.495 e. The monoisotopic (exact) mass is 278 g/mol. The van der Waals surface area contributed by atoms with E-state index in [0.717, 1.165) is 50.6 Å². The molecule has 1 aliphatic heterocycles. The van der Waals surface area contributed by atoms with Gasteiger partial charge in [0.05, 0.1) is 12.8 Å². The summed E-state index contributed by atoms with van der Waals surface area (Å²) in [5, 5.41) is 3.55. The van der Waals surface area contributed by atoms with Crippen molar-refractivity contribution in [2.24, 2.45) is 5.92 Å². The molecular weight excluding hydrogens is 252 g/mol. The van der Waals surface area contributed by atoms with Crippen LogP contribution < -0.4 is 10.1 Å². The van der Waals surface area contributed by atoms with Crippen molar-refractivity contribution in [2.45, 2.75) is 19.4 Å². The van der Waals surface area contributed by atoms with Crippen LogP contribution in [0.25, 0.3) is 0 Å². The smallest absolute Gasteiger partial charge is 0.141 e. The van der Waals surface area contributed by atoms with Crippen LogP contribution >= 0.6 is 0 Å². The summed E-state index contributed by atoms with van der Waals surface area (Å²) >= 11 is 0. The number of benzene rings is 1. The Morgan fingerprint density at radius 3 is 2.70 bits per heavy atom. The van der Waals surface area contributed by atoms with E-state index in [9.17, 15) is 0 Å². The van der Waals surface area contributed by atoms with Crippen molar-refractivity contribution in [1.82, 2.24) is 4.90 Å². The first kappa shape index (κ1) is 15.1. The van der Waals surface area contributed by atoms with Crippen LogP contribution in [0.1, 0.15) is 18.4 Å². The van der Waals surface area contributed by atoms with E-state index in [0.29, 0.717) is 5.92 Å². The van der Waals surface area contributed by atoms with Gasteiger partial charge in [-0.1, -0.05) is 6.07 Å². The van der Waals surface area contributed by atoms with Crippen molar-refractivity contribution < 1.29 is 9.47 Å². The zero-order chi connectivity index (χ0) is 14.4. The summed E-state index contributed by atoms with van der Waals surface area (Å²) < 4.78 is 10.8. The van der Waals surface area contributed by atoms with Crippen LogP contribution in [0, 0.1) is 5.92 Å². The highest BCUT2D eigenvalue weighted by Gasteiger charge is 2.14. The molecule has 4 heteroatoms. The Bertz CT molecular complexity index is 415. The summed E-state index contributed by atoms with van der Waals surface area (Å²) in [6.45, 7) is 3.72. The van der Waals surface area contributed by atoms with E-state index in [-0.39, 0.29) is 0 Å². The van der Waals surface area contributed by atoms with Gasteiger partial charge >= 0.3 is 0 Å². The maximum Gasteiger partial charge on any atom is 0.141 e. The highest BCUT2D eigenvalue weighted by molar-refractivity contribution is 5.58. The van der Waals surface area contributed by atoms with Crippen molar-refractivity contribution >= 4 is 5.69 Å². The van der Waals surface area contributed by atoms with Gasteiger partial charge in [0, 0.05) is 26.3 Å². The van der Waals surface area contributed by atoms with Gasteiger partial charge in [-0.15, -0.1) is 0 Å². The van der Waals surface area contributed by atoms with Crippen LogP contribution in [-0.4, -0.2) is 45.9 Å². The molecule has 2 rings (SSSR count). The fourth-order valence-corrected chi connectivity index (χ4v) is 2.56. The van der Waals surface area contributed by atoms with E-state index in [1.807, 2.05) is 6.07 Å². The number of anilines is 1. The standard InChI is InChI=1S/C16H26N2O2/c1-18(2)12-14-4-5-16(19-3)15(10-14)17-11-13-6-8-20-9-7-13/h4-5,10,13,17H,6-9,11-12H2,1-3H3. The third-order valence-corrected chi connectivity index (χ3v) is 3.68. The molecule has 1 N–H and O–H groups in total. The quantitative estimate of drug-likeness (QED) is 0.867. The van der Waals surface area contributed by atoms with E-state index in [1.54, 1.807) is 7.11 Å². The molecule has 20 heavy (non-hydrogen) atoms. The summed E-state index contributed by atoms with van der Waals surface area (Å²) in [4.78, 5) is 2.17. The molecule has 0 atom stereocenters. The fraction of sp³-hybridized carbons (Fsp3) is 0.625. The van der Waals surface area contributed by atoms with E-state index in [4.69, 9.17) is 9.47 Å². The fourth-order valence-electron chi connectivity index (χ4n) is 2.56. The maximum absolute atomic E-state index is 5.44. The Balaban J connectivity index is 1.99. The van der Waals surface area contributed by atoms with Crippen molar-refractivity contribution in [3.8, 4) is 5.75 Å². The minimum absolute atomic E-state index is 0.700. The number of ether oxygens (including phenoxy) is 2. The second kappa shape index (κ2) is 7.50. The number of nitrogens with zero attached hydrogens (tertiary/aromatic N) is 1. The molecule has 1 aliphatic rings. The molecule has 0 amide bonds. The summed E-state index contributed by atoms with van der Waals surface area (Å²) in [5.74, 6) is 1.62. The van der Waals surface area contributed by atoms with E-state index >= 15 is 0 Å². The lowest BCUT2D eigenvalue weighted by atomic mass is 10.0. The van der Waals surface area contributed by atoms with Gasteiger partial charge in [-0.25, -0.2) is 0 Å². The van der Waals surface area contributed by atoms with Gasteiger partial charge in [-0.2, -0.15) is 0 Å². The zero-order valence-corrected chi connectivity index (χ0v) is 12.8. The van der Waals surface area contributed by atoms with Gasteiger partial charge in [0.1, 0.15) is 5.75 Å². The predicted molar refractivity (Wildman–Crippen MR) is 82.4 cm³/mol. The van der Waals surface area contributed by atoms with Crippen molar-refractivity contribution in [1.29, 1.82) is 0 Å². The molecule has 0 radical (unpaired) electrons. The molecule has 0 spiro atoms. The number of nitrogens with one attached hydrogen (secondary N) is 1. The Hall–Kier alpha value is -1.26. The molecule has 0 aliphatic carbocycles. The Morgan fingerprint density at radius 2 is 2.05 bits per heavy atom. The van der Waals surface area contributed by atoms with Gasteiger partial charge in [-0.3, -0.25) is 0 Å². The maximum atomic E-state index is 5.44. The molecule has 1 aromatic rings. The van der Waals surface area contributed by atoms with Crippen LogP contribution in [0.15, 0.2) is 18.2 Å². The number of hydrogen-bond acceptors (Lipinski definition) is 4. The molecule has 0 saturated carbocycles. The van der Waals surface area contributed by atoms with Crippen molar-refractivity contribution in [3.05, 3.63) is 23.8 Å². The van der Waals surface area contributed by atoms with Gasteiger partial charge in [0.25, 0.3) is 0 Å². The first-order valence-electron chi connectivity index (χ1n) is 7.32. The van der Waals surface area contributed by atoms with Crippen LogP contribution in [-0.2, 0) is 11.3 Å². The van der Waals surface area contributed by atoms with Crippen LogP contribution in [0.5, 0.6) is 5.75 Å². The lowest BCUT2D eigenvalue weighted by Gasteiger charge is -2.23. The molecule has 1 fully saturated rings. The first-order chi connectivity index (χ1) is 9.69. The molecular formula is C16H26N2O2. The van der Waals surface area contributed by atoms with Crippen LogP contribution in [0.2, 0.25) is 0 Å². The second-order valence-corrected chi connectivity index (χ2v) is 5.71. The lowest BCUT2D eigenvalue weighted by Crippen LogP contribution is -2.22. The van der Waals surface area contributed by atoms with Crippen LogP contribution in [0.3, 0.4) is 0 Å². The molecule has 1 heterocycles. The predicted octanol–water partition coefficient (Wildman–Crippen LogP) is 2.60. The highest BCUT2D eigenvalue weighted by Crippen LogP contribution is 2.27. The lowest BCUT2D eigenvalue weighted by molar-refractivity contribution is 0.0699. The molecule has 1 saturated heterocycles. The van der Waals surface area contributed by atoms with Crippen molar-refractivity contribution in [2.75, 3.05) is 46.3 Å². The van der Waals surface area contributed by atoms with E-state index in [1.165, 1.54) is 5.56 Å². The highest BCUT2D eigenvalue weighted by atomic mass is 16.5. The third-order valence-electron chi connectivity index (χ3n) is 3.68. The topological polar surface area (TPSA) is 33.7 Å². The van der Waals surface area contributed by atoms with Gasteiger partial charge in [0.2, 0.25) is 0 Å². The average Bonchev–Trinajstić information content (AvgIpc) is 2.46. The molecule has 112 valence electrons. The van der Waals surface area contributed by atoms with E-state index < -0.39 is 0 Å². The zero-order valence-electron chi connectivity index (χ0n) is 12.8. The van der Waals surface area contributed by atoms with Gasteiger partial charge in [-0.05, 0) is 50.6 Å². The van der Waals surface area contributed by atoms with Crippen LogP contribution in [0.4, 0.5) is 5.69 Å². The molecule has 1 aromatic carbocycles. The third kappa shape index (κ3) is 4.39. The Morgan fingerprint density at radius 1 is 1.30 bits per heavy atom. The summed E-state index contributed by atoms with van der Waals surface area (Å²) in [6, 6.07) is 6.36. The molecule has 0 unspecified atom stereocenters. The number of methoxy groups -OCH3 is 1.